The van der Waals surface area contributed by atoms with Crippen molar-refractivity contribution in [3.05, 3.63) is 18.3 Å². The zero-order chi connectivity index (χ0) is 8.55. The molecule has 1 aromatic rings. The molecule has 64 valence electrons. The summed E-state index contributed by atoms with van der Waals surface area (Å²) in [5, 5.41) is 2.00. The molecule has 0 aromatic carbocycles. The van der Waals surface area contributed by atoms with Gasteiger partial charge in [-0.2, -0.15) is 0 Å². The van der Waals surface area contributed by atoms with Gasteiger partial charge in [0.05, 0.1) is 5.69 Å². The van der Waals surface area contributed by atoms with Crippen LogP contribution in [0.2, 0.25) is 0 Å². The van der Waals surface area contributed by atoms with Crippen LogP contribution in [0.15, 0.2) is 18.3 Å². The Labute approximate surface area is 71.5 Å². The summed E-state index contributed by atoms with van der Waals surface area (Å²) in [5.41, 5.74) is 7.12. The summed E-state index contributed by atoms with van der Waals surface area (Å²) in [5.74, 6) is 0.965. The Kier molecular flexibility index (Phi) is 1.62. The molecule has 2 rings (SSSR count). The molecule has 0 radical (unpaired) electrons. The number of fused-ring (bicyclic) bond motifs is 1. The van der Waals surface area contributed by atoms with Gasteiger partial charge in [-0.1, -0.05) is 0 Å². The second-order valence-electron chi connectivity index (χ2n) is 3.08. The number of rotatable bonds is 1. The molecule has 0 saturated carbocycles. The molecular weight excluding hydrogens is 152 g/mol. The third kappa shape index (κ3) is 1.00. The van der Waals surface area contributed by atoms with Crippen LogP contribution in [0.3, 0.4) is 0 Å². The number of pyridine rings is 1. The van der Waals surface area contributed by atoms with Gasteiger partial charge in [-0.15, -0.1) is 5.53 Å². The van der Waals surface area contributed by atoms with Crippen molar-refractivity contribution in [1.29, 1.82) is 0 Å². The summed E-state index contributed by atoms with van der Waals surface area (Å²) in [7, 11) is 0. The maximum atomic E-state index is 4.26. The Morgan fingerprint density at radius 1 is 1.50 bits per heavy atom. The van der Waals surface area contributed by atoms with Crippen molar-refractivity contribution in [2.45, 2.75) is 19.9 Å². The fourth-order valence-electron chi connectivity index (χ4n) is 1.23. The smallest absolute Gasteiger partial charge is 0.169 e. The summed E-state index contributed by atoms with van der Waals surface area (Å²) >= 11 is 0. The minimum Gasteiger partial charge on any atom is -0.300 e. The fourth-order valence-corrected chi connectivity index (χ4v) is 1.23. The van der Waals surface area contributed by atoms with E-state index in [-0.39, 0.29) is 0 Å². The topological polar surface area (TPSA) is 40.2 Å². The first-order chi connectivity index (χ1) is 5.79. The molecule has 2 N–H and O–H groups in total. The van der Waals surface area contributed by atoms with E-state index in [1.165, 1.54) is 0 Å². The normalized spacial score (nSPS) is 14.8. The fraction of sp³-hybridized carbons (Fsp3) is 0.375. The van der Waals surface area contributed by atoms with E-state index in [0.717, 1.165) is 11.5 Å². The monoisotopic (exact) mass is 164 g/mol. The van der Waals surface area contributed by atoms with Crippen molar-refractivity contribution in [2.75, 3.05) is 10.4 Å². The lowest BCUT2D eigenvalue weighted by Gasteiger charge is -2.20. The number of nitrogens with one attached hydrogen (secondary N) is 2. The molecule has 1 aliphatic rings. The summed E-state index contributed by atoms with van der Waals surface area (Å²) < 4.78 is 0. The predicted molar refractivity (Wildman–Crippen MR) is 48.6 cm³/mol. The Balaban J connectivity index is 2.36. The predicted octanol–water partition coefficient (Wildman–Crippen LogP) is 1.14. The van der Waals surface area contributed by atoms with Crippen LogP contribution < -0.4 is 16.0 Å². The first-order valence-corrected chi connectivity index (χ1v) is 4.05. The number of anilines is 2. The highest BCUT2D eigenvalue weighted by molar-refractivity contribution is 5.68. The first kappa shape index (κ1) is 7.36. The van der Waals surface area contributed by atoms with Crippen molar-refractivity contribution in [1.82, 2.24) is 10.5 Å². The van der Waals surface area contributed by atoms with E-state index in [1.54, 1.807) is 6.20 Å². The number of nitrogens with zero attached hydrogens (tertiary/aromatic N) is 2. The largest absolute Gasteiger partial charge is 0.300 e. The molecule has 0 saturated heterocycles. The summed E-state index contributed by atoms with van der Waals surface area (Å²) in [6.07, 6.45) is 1.79. The van der Waals surface area contributed by atoms with Gasteiger partial charge in [0, 0.05) is 12.2 Å². The Bertz CT molecular complexity index is 284. The lowest BCUT2D eigenvalue weighted by Crippen LogP contribution is -2.41. The van der Waals surface area contributed by atoms with Crippen molar-refractivity contribution in [3.8, 4) is 0 Å². The van der Waals surface area contributed by atoms with Crippen LogP contribution in [0.5, 0.6) is 0 Å². The van der Waals surface area contributed by atoms with Crippen molar-refractivity contribution < 1.29 is 0 Å². The van der Waals surface area contributed by atoms with Crippen LogP contribution in [0.25, 0.3) is 0 Å². The molecule has 0 amide bonds. The maximum absolute atomic E-state index is 4.26. The Hall–Kier alpha value is -1.29. The molecule has 0 unspecified atom stereocenters. The Morgan fingerprint density at radius 3 is 3.08 bits per heavy atom. The lowest BCUT2D eigenvalue weighted by molar-refractivity contribution is 0.626. The van der Waals surface area contributed by atoms with E-state index in [2.05, 4.69) is 29.8 Å². The highest BCUT2D eigenvalue weighted by Crippen LogP contribution is 2.26. The van der Waals surface area contributed by atoms with Crippen LogP contribution in [0.4, 0.5) is 11.5 Å². The average molecular weight is 164 g/mol. The molecule has 0 spiro atoms. The third-order valence-corrected chi connectivity index (χ3v) is 1.84. The molecular formula is C8H12N4. The summed E-state index contributed by atoms with van der Waals surface area (Å²) in [6, 6.07) is 4.31. The quantitative estimate of drug-likeness (QED) is 0.653. The molecule has 2 heterocycles. The zero-order valence-corrected chi connectivity index (χ0v) is 7.20. The van der Waals surface area contributed by atoms with Gasteiger partial charge in [0.25, 0.3) is 0 Å². The molecule has 12 heavy (non-hydrogen) atoms. The van der Waals surface area contributed by atoms with Crippen molar-refractivity contribution >= 4 is 11.5 Å². The van der Waals surface area contributed by atoms with E-state index < -0.39 is 0 Å². The molecule has 0 bridgehead atoms. The standard InChI is InChI=1S/C8H12N4/c1-6(2)12-8-7(10-11-12)4-3-5-9-8/h3-6,10-11H,1-2H3. The highest BCUT2D eigenvalue weighted by atomic mass is 15.7. The van der Waals surface area contributed by atoms with Gasteiger partial charge in [0.2, 0.25) is 0 Å². The van der Waals surface area contributed by atoms with Gasteiger partial charge in [-0.25, -0.2) is 4.98 Å². The molecule has 4 heteroatoms. The SMILES string of the molecule is CC(C)N1NNc2cccnc21. The van der Waals surface area contributed by atoms with Crippen LogP contribution in [0, 0.1) is 0 Å². The molecule has 1 aliphatic heterocycles. The van der Waals surface area contributed by atoms with E-state index in [1.807, 2.05) is 17.1 Å². The van der Waals surface area contributed by atoms with E-state index in [4.69, 9.17) is 0 Å². The molecule has 0 aliphatic carbocycles. The van der Waals surface area contributed by atoms with Gasteiger partial charge in [-0.05, 0) is 26.0 Å². The van der Waals surface area contributed by atoms with Gasteiger partial charge in [0.15, 0.2) is 5.82 Å². The minimum absolute atomic E-state index is 0.397. The van der Waals surface area contributed by atoms with Gasteiger partial charge >= 0.3 is 0 Å². The zero-order valence-electron chi connectivity index (χ0n) is 7.20. The third-order valence-electron chi connectivity index (χ3n) is 1.84. The van der Waals surface area contributed by atoms with Crippen molar-refractivity contribution in [3.63, 3.8) is 0 Å². The van der Waals surface area contributed by atoms with Crippen LogP contribution >= 0.6 is 0 Å². The maximum Gasteiger partial charge on any atom is 0.169 e. The van der Waals surface area contributed by atoms with Crippen LogP contribution in [-0.2, 0) is 0 Å². The molecule has 0 fully saturated rings. The number of hydrazine groups is 2. The van der Waals surface area contributed by atoms with Crippen LogP contribution in [0.1, 0.15) is 13.8 Å². The molecule has 4 nitrogen and oxygen atoms in total. The van der Waals surface area contributed by atoms with E-state index >= 15 is 0 Å². The highest BCUT2D eigenvalue weighted by Gasteiger charge is 2.20. The number of hydrogen-bond donors (Lipinski definition) is 2. The molecule has 1 aromatic heterocycles. The second kappa shape index (κ2) is 2.64. The van der Waals surface area contributed by atoms with Gasteiger partial charge in [0.1, 0.15) is 0 Å². The lowest BCUT2D eigenvalue weighted by atomic mass is 10.3. The first-order valence-electron chi connectivity index (χ1n) is 4.05. The van der Waals surface area contributed by atoms with Crippen molar-refractivity contribution in [2.24, 2.45) is 0 Å². The van der Waals surface area contributed by atoms with E-state index in [0.29, 0.717) is 6.04 Å². The number of hydrogen-bond acceptors (Lipinski definition) is 4. The van der Waals surface area contributed by atoms with Crippen LogP contribution in [-0.4, -0.2) is 11.0 Å². The Morgan fingerprint density at radius 2 is 2.33 bits per heavy atom. The molecule has 0 atom stereocenters. The van der Waals surface area contributed by atoms with E-state index in [9.17, 15) is 0 Å². The minimum atomic E-state index is 0.397. The number of aromatic nitrogens is 1. The van der Waals surface area contributed by atoms with Gasteiger partial charge in [-0.3, -0.25) is 5.01 Å². The summed E-state index contributed by atoms with van der Waals surface area (Å²) in [6.45, 7) is 4.22. The summed E-state index contributed by atoms with van der Waals surface area (Å²) in [4.78, 5) is 4.26. The van der Waals surface area contributed by atoms with Gasteiger partial charge < -0.3 is 5.43 Å². The average Bonchev–Trinajstić information content (AvgIpc) is 2.47. The second-order valence-corrected chi connectivity index (χ2v) is 3.08.